The van der Waals surface area contributed by atoms with Crippen LogP contribution < -0.4 is 10.6 Å². The molecule has 2 aromatic carbocycles. The standard InChI is InChI=1S/C26H30N4O2/c1-17(31)28-20-8-5-7-18(15-20)25(32)29-23-9-6-10-24-22(23)16-27-30(24)21-13-11-19(12-14-21)26(2,3)4/h5,7-8,11-16,23H,6,9-10H2,1-4H3,(H,28,31)(H,29,32)/t23-/m0/s1. The van der Waals surface area contributed by atoms with Crippen LogP contribution in [0.15, 0.2) is 54.7 Å². The first-order chi connectivity index (χ1) is 15.2. The summed E-state index contributed by atoms with van der Waals surface area (Å²) < 4.78 is 2.00. The topological polar surface area (TPSA) is 76.0 Å². The number of rotatable bonds is 4. The Morgan fingerprint density at radius 3 is 2.53 bits per heavy atom. The fourth-order valence-corrected chi connectivity index (χ4v) is 4.21. The van der Waals surface area contributed by atoms with Crippen molar-refractivity contribution in [3.05, 3.63) is 77.1 Å². The number of amides is 2. The molecule has 0 aliphatic heterocycles. The molecule has 0 radical (unpaired) electrons. The minimum Gasteiger partial charge on any atom is -0.345 e. The van der Waals surface area contributed by atoms with Gasteiger partial charge in [-0.3, -0.25) is 9.59 Å². The maximum Gasteiger partial charge on any atom is 0.251 e. The molecule has 6 nitrogen and oxygen atoms in total. The van der Waals surface area contributed by atoms with E-state index in [2.05, 4.69) is 60.8 Å². The number of carbonyl (C=O) groups is 2. The molecule has 0 spiro atoms. The average Bonchev–Trinajstić information content (AvgIpc) is 3.18. The predicted molar refractivity (Wildman–Crippen MR) is 126 cm³/mol. The Morgan fingerprint density at radius 2 is 1.84 bits per heavy atom. The van der Waals surface area contributed by atoms with E-state index in [4.69, 9.17) is 0 Å². The van der Waals surface area contributed by atoms with E-state index in [1.165, 1.54) is 12.5 Å². The van der Waals surface area contributed by atoms with E-state index >= 15 is 0 Å². The molecule has 4 rings (SSSR count). The van der Waals surface area contributed by atoms with Gasteiger partial charge in [0.1, 0.15) is 0 Å². The minimum atomic E-state index is -0.164. The zero-order valence-electron chi connectivity index (χ0n) is 19.1. The second kappa shape index (κ2) is 8.61. The first kappa shape index (κ1) is 21.8. The molecule has 1 atom stereocenters. The Hall–Kier alpha value is -3.41. The lowest BCUT2D eigenvalue weighted by atomic mass is 9.87. The van der Waals surface area contributed by atoms with Crippen LogP contribution in [0.5, 0.6) is 0 Å². The highest BCUT2D eigenvalue weighted by atomic mass is 16.2. The molecule has 0 unspecified atom stereocenters. The van der Waals surface area contributed by atoms with Gasteiger partial charge in [-0.1, -0.05) is 39.0 Å². The van der Waals surface area contributed by atoms with Gasteiger partial charge >= 0.3 is 0 Å². The summed E-state index contributed by atoms with van der Waals surface area (Å²) in [5.74, 6) is -0.320. The summed E-state index contributed by atoms with van der Waals surface area (Å²) in [7, 11) is 0. The molecule has 2 N–H and O–H groups in total. The number of anilines is 1. The summed E-state index contributed by atoms with van der Waals surface area (Å²) in [6.45, 7) is 8.06. The van der Waals surface area contributed by atoms with Crippen molar-refractivity contribution < 1.29 is 9.59 Å². The number of nitrogens with zero attached hydrogens (tertiary/aromatic N) is 2. The van der Waals surface area contributed by atoms with Gasteiger partial charge in [0.15, 0.2) is 0 Å². The molecular weight excluding hydrogens is 400 g/mol. The minimum absolute atomic E-state index is 0.0849. The molecule has 2 amide bonds. The normalized spacial score (nSPS) is 15.7. The third kappa shape index (κ3) is 4.59. The number of hydrogen-bond acceptors (Lipinski definition) is 3. The van der Waals surface area contributed by atoms with Crippen molar-refractivity contribution in [3.8, 4) is 5.69 Å². The number of benzene rings is 2. The van der Waals surface area contributed by atoms with Crippen LogP contribution in [-0.4, -0.2) is 21.6 Å². The molecule has 1 aromatic heterocycles. The molecule has 0 fully saturated rings. The van der Waals surface area contributed by atoms with Crippen molar-refractivity contribution in [3.63, 3.8) is 0 Å². The van der Waals surface area contributed by atoms with Crippen LogP contribution in [0.1, 0.15) is 73.8 Å². The van der Waals surface area contributed by atoms with Gasteiger partial charge in [0.2, 0.25) is 5.91 Å². The number of hydrogen-bond donors (Lipinski definition) is 2. The van der Waals surface area contributed by atoms with E-state index in [1.54, 1.807) is 24.3 Å². The zero-order chi connectivity index (χ0) is 22.9. The van der Waals surface area contributed by atoms with Crippen LogP contribution >= 0.6 is 0 Å². The van der Waals surface area contributed by atoms with Crippen molar-refractivity contribution in [2.24, 2.45) is 0 Å². The fraction of sp³-hybridized carbons (Fsp3) is 0.346. The van der Waals surface area contributed by atoms with Crippen LogP contribution in [-0.2, 0) is 16.6 Å². The number of fused-ring (bicyclic) bond motifs is 1. The smallest absolute Gasteiger partial charge is 0.251 e. The second-order valence-corrected chi connectivity index (χ2v) is 9.44. The van der Waals surface area contributed by atoms with Crippen LogP contribution in [0.4, 0.5) is 5.69 Å². The SMILES string of the molecule is CC(=O)Nc1cccc(C(=O)N[C@H]2CCCc3c2cnn3-c2ccc(C(C)(C)C)cc2)c1. The molecule has 166 valence electrons. The number of nitrogens with one attached hydrogen (secondary N) is 2. The van der Waals surface area contributed by atoms with Gasteiger partial charge in [0.05, 0.1) is 17.9 Å². The van der Waals surface area contributed by atoms with Crippen molar-refractivity contribution in [1.82, 2.24) is 15.1 Å². The van der Waals surface area contributed by atoms with E-state index in [9.17, 15) is 9.59 Å². The van der Waals surface area contributed by atoms with E-state index in [0.717, 1.165) is 36.2 Å². The summed E-state index contributed by atoms with van der Waals surface area (Å²) in [6.07, 6.45) is 4.67. The molecule has 6 heteroatoms. The fourth-order valence-electron chi connectivity index (χ4n) is 4.21. The second-order valence-electron chi connectivity index (χ2n) is 9.44. The van der Waals surface area contributed by atoms with Crippen LogP contribution in [0, 0.1) is 0 Å². The number of aromatic nitrogens is 2. The molecular formula is C26H30N4O2. The van der Waals surface area contributed by atoms with E-state index < -0.39 is 0 Å². The van der Waals surface area contributed by atoms with E-state index in [0.29, 0.717) is 11.3 Å². The zero-order valence-corrected chi connectivity index (χ0v) is 19.1. The Balaban J connectivity index is 1.54. The summed E-state index contributed by atoms with van der Waals surface area (Å²) in [4.78, 5) is 24.2. The van der Waals surface area contributed by atoms with Crippen LogP contribution in [0.2, 0.25) is 0 Å². The highest BCUT2D eigenvalue weighted by Crippen LogP contribution is 2.32. The summed E-state index contributed by atoms with van der Waals surface area (Å²) in [5.41, 5.74) is 5.78. The summed E-state index contributed by atoms with van der Waals surface area (Å²) in [6, 6.07) is 15.5. The average molecular weight is 431 g/mol. The van der Waals surface area contributed by atoms with Gasteiger partial charge in [-0.25, -0.2) is 4.68 Å². The number of carbonyl (C=O) groups excluding carboxylic acids is 2. The lowest BCUT2D eigenvalue weighted by Gasteiger charge is -2.24. The van der Waals surface area contributed by atoms with Gasteiger partial charge in [-0.2, -0.15) is 5.10 Å². The lowest BCUT2D eigenvalue weighted by molar-refractivity contribution is -0.114. The molecule has 0 bridgehead atoms. The van der Waals surface area contributed by atoms with E-state index in [1.807, 2.05) is 10.9 Å². The Kier molecular flexibility index (Phi) is 5.87. The summed E-state index contributed by atoms with van der Waals surface area (Å²) >= 11 is 0. The van der Waals surface area contributed by atoms with Gasteiger partial charge < -0.3 is 10.6 Å². The Labute approximate surface area is 189 Å². The molecule has 32 heavy (non-hydrogen) atoms. The van der Waals surface area contributed by atoms with Crippen molar-refractivity contribution in [2.45, 2.75) is 58.4 Å². The largest absolute Gasteiger partial charge is 0.345 e. The first-order valence-electron chi connectivity index (χ1n) is 11.1. The van der Waals surface area contributed by atoms with Crippen molar-refractivity contribution >= 4 is 17.5 Å². The predicted octanol–water partition coefficient (Wildman–Crippen LogP) is 4.94. The Morgan fingerprint density at radius 1 is 1.09 bits per heavy atom. The molecule has 0 saturated carbocycles. The van der Waals surface area contributed by atoms with Gasteiger partial charge in [0, 0.05) is 29.4 Å². The molecule has 1 aliphatic rings. The molecule has 3 aromatic rings. The van der Waals surface area contributed by atoms with Crippen LogP contribution in [0.3, 0.4) is 0 Å². The van der Waals surface area contributed by atoms with Crippen molar-refractivity contribution in [1.29, 1.82) is 0 Å². The first-order valence-corrected chi connectivity index (χ1v) is 11.1. The van der Waals surface area contributed by atoms with Gasteiger partial charge in [-0.15, -0.1) is 0 Å². The van der Waals surface area contributed by atoms with Gasteiger partial charge in [-0.05, 0) is 60.6 Å². The maximum absolute atomic E-state index is 12.9. The van der Waals surface area contributed by atoms with Crippen molar-refractivity contribution in [2.75, 3.05) is 5.32 Å². The molecule has 0 saturated heterocycles. The Bertz CT molecular complexity index is 1140. The third-order valence-electron chi connectivity index (χ3n) is 5.91. The monoisotopic (exact) mass is 430 g/mol. The molecule has 1 aliphatic carbocycles. The highest BCUT2D eigenvalue weighted by molar-refractivity contribution is 5.97. The maximum atomic E-state index is 12.9. The quantitative estimate of drug-likeness (QED) is 0.616. The summed E-state index contributed by atoms with van der Waals surface area (Å²) in [5, 5.41) is 10.5. The lowest BCUT2D eigenvalue weighted by Crippen LogP contribution is -2.31. The van der Waals surface area contributed by atoms with Gasteiger partial charge in [0.25, 0.3) is 5.91 Å². The highest BCUT2D eigenvalue weighted by Gasteiger charge is 2.26. The van der Waals surface area contributed by atoms with E-state index in [-0.39, 0.29) is 23.3 Å². The third-order valence-corrected chi connectivity index (χ3v) is 5.91. The van der Waals surface area contributed by atoms with Crippen LogP contribution in [0.25, 0.3) is 5.69 Å². The molecule has 1 heterocycles.